The van der Waals surface area contributed by atoms with Crippen LogP contribution in [0, 0.1) is 0 Å². The summed E-state index contributed by atoms with van der Waals surface area (Å²) < 4.78 is 23.3. The molecule has 2 heterocycles. The van der Waals surface area contributed by atoms with Crippen LogP contribution in [0.4, 0.5) is 5.95 Å². The SMILES string of the molecule is CC1CN(c2nc3ccccc3[nH]2)CCS1(=O)=O. The summed E-state index contributed by atoms with van der Waals surface area (Å²) in [4.78, 5) is 9.73. The lowest BCUT2D eigenvalue weighted by Crippen LogP contribution is -2.46. The van der Waals surface area contributed by atoms with Crippen molar-refractivity contribution in [3.05, 3.63) is 24.3 Å². The number of rotatable bonds is 1. The zero-order valence-corrected chi connectivity index (χ0v) is 10.9. The molecule has 0 radical (unpaired) electrons. The summed E-state index contributed by atoms with van der Waals surface area (Å²) in [5.41, 5.74) is 1.89. The van der Waals surface area contributed by atoms with E-state index in [2.05, 4.69) is 9.97 Å². The quantitative estimate of drug-likeness (QED) is 0.841. The zero-order valence-electron chi connectivity index (χ0n) is 10.1. The molecular weight excluding hydrogens is 250 g/mol. The second-order valence-electron chi connectivity index (χ2n) is 4.70. The van der Waals surface area contributed by atoms with Gasteiger partial charge in [0.15, 0.2) is 9.84 Å². The van der Waals surface area contributed by atoms with Crippen molar-refractivity contribution in [2.75, 3.05) is 23.7 Å². The fourth-order valence-corrected chi connectivity index (χ4v) is 3.52. The lowest BCUT2D eigenvalue weighted by Gasteiger charge is -2.30. The molecule has 5 nitrogen and oxygen atoms in total. The molecule has 96 valence electrons. The predicted molar refractivity (Wildman–Crippen MR) is 71.6 cm³/mol. The van der Waals surface area contributed by atoms with Crippen molar-refractivity contribution in [1.82, 2.24) is 9.97 Å². The van der Waals surface area contributed by atoms with Crippen LogP contribution in [-0.4, -0.2) is 42.5 Å². The zero-order chi connectivity index (χ0) is 12.8. The highest BCUT2D eigenvalue weighted by Gasteiger charge is 2.30. The van der Waals surface area contributed by atoms with Gasteiger partial charge in [-0.05, 0) is 19.1 Å². The summed E-state index contributed by atoms with van der Waals surface area (Å²) in [5, 5.41) is -0.334. The largest absolute Gasteiger partial charge is 0.340 e. The Bertz CT molecular complexity index is 644. The molecule has 1 fully saturated rings. The van der Waals surface area contributed by atoms with E-state index in [1.807, 2.05) is 29.2 Å². The number of fused-ring (bicyclic) bond motifs is 1. The number of nitrogens with zero attached hydrogens (tertiary/aromatic N) is 2. The summed E-state index contributed by atoms with van der Waals surface area (Å²) in [6, 6.07) is 7.80. The van der Waals surface area contributed by atoms with Gasteiger partial charge in [0, 0.05) is 13.1 Å². The van der Waals surface area contributed by atoms with Crippen LogP contribution in [0.5, 0.6) is 0 Å². The van der Waals surface area contributed by atoms with E-state index in [0.717, 1.165) is 17.0 Å². The number of H-pyrrole nitrogens is 1. The molecule has 0 spiro atoms. The molecule has 1 aliphatic heterocycles. The Hall–Kier alpha value is -1.56. The monoisotopic (exact) mass is 265 g/mol. The summed E-state index contributed by atoms with van der Waals surface area (Å²) in [6.45, 7) is 2.76. The highest BCUT2D eigenvalue weighted by molar-refractivity contribution is 7.92. The molecule has 1 saturated heterocycles. The van der Waals surface area contributed by atoms with Gasteiger partial charge in [-0.15, -0.1) is 0 Å². The third-order valence-corrected chi connectivity index (χ3v) is 5.54. The highest BCUT2D eigenvalue weighted by atomic mass is 32.2. The second kappa shape index (κ2) is 3.98. The Labute approximate surface area is 106 Å². The summed E-state index contributed by atoms with van der Waals surface area (Å²) >= 11 is 0. The van der Waals surface area contributed by atoms with Gasteiger partial charge in [0.25, 0.3) is 0 Å². The van der Waals surface area contributed by atoms with E-state index in [1.54, 1.807) is 6.92 Å². The number of hydrogen-bond acceptors (Lipinski definition) is 4. The van der Waals surface area contributed by atoms with Crippen LogP contribution in [-0.2, 0) is 9.84 Å². The molecule has 6 heteroatoms. The minimum atomic E-state index is -2.92. The topological polar surface area (TPSA) is 66.1 Å². The average molecular weight is 265 g/mol. The Morgan fingerprint density at radius 3 is 2.89 bits per heavy atom. The van der Waals surface area contributed by atoms with Crippen molar-refractivity contribution in [2.24, 2.45) is 0 Å². The fourth-order valence-electron chi connectivity index (χ4n) is 2.24. The first-order valence-corrected chi connectivity index (χ1v) is 7.69. The summed E-state index contributed by atoms with van der Waals surface area (Å²) in [5.74, 6) is 0.962. The third-order valence-electron chi connectivity index (χ3n) is 3.41. The number of nitrogens with one attached hydrogen (secondary N) is 1. The van der Waals surface area contributed by atoms with Gasteiger partial charge in [0.1, 0.15) is 0 Å². The van der Waals surface area contributed by atoms with Crippen molar-refractivity contribution in [3.63, 3.8) is 0 Å². The van der Waals surface area contributed by atoms with E-state index in [4.69, 9.17) is 0 Å². The number of benzene rings is 1. The first-order chi connectivity index (χ1) is 8.56. The minimum Gasteiger partial charge on any atom is -0.340 e. The second-order valence-corrected chi connectivity index (χ2v) is 7.24. The molecule has 1 N–H and O–H groups in total. The Kier molecular flexibility index (Phi) is 2.55. The normalized spacial score (nSPS) is 23.4. The molecule has 3 rings (SSSR count). The molecule has 1 aliphatic rings. The molecule has 2 aromatic rings. The van der Waals surface area contributed by atoms with Crippen molar-refractivity contribution in [2.45, 2.75) is 12.2 Å². The van der Waals surface area contributed by atoms with E-state index >= 15 is 0 Å². The van der Waals surface area contributed by atoms with Crippen molar-refractivity contribution in [3.8, 4) is 0 Å². The molecule has 0 saturated carbocycles. The number of sulfone groups is 1. The van der Waals surface area contributed by atoms with Gasteiger partial charge in [0.05, 0.1) is 22.0 Å². The maximum atomic E-state index is 11.7. The van der Waals surface area contributed by atoms with Crippen LogP contribution in [0.25, 0.3) is 11.0 Å². The average Bonchev–Trinajstić information content (AvgIpc) is 2.76. The van der Waals surface area contributed by atoms with Crippen LogP contribution in [0.2, 0.25) is 0 Å². The molecule has 0 aliphatic carbocycles. The summed E-state index contributed by atoms with van der Waals surface area (Å²) in [7, 11) is -2.92. The van der Waals surface area contributed by atoms with Gasteiger partial charge in [-0.25, -0.2) is 13.4 Å². The fraction of sp³-hybridized carbons (Fsp3) is 0.417. The van der Waals surface area contributed by atoms with E-state index in [1.165, 1.54) is 0 Å². The molecule has 1 unspecified atom stereocenters. The van der Waals surface area contributed by atoms with Crippen LogP contribution < -0.4 is 4.90 Å². The van der Waals surface area contributed by atoms with E-state index in [0.29, 0.717) is 13.1 Å². The first kappa shape index (κ1) is 11.5. The van der Waals surface area contributed by atoms with Crippen LogP contribution in [0.15, 0.2) is 24.3 Å². The van der Waals surface area contributed by atoms with Crippen LogP contribution in [0.1, 0.15) is 6.92 Å². The van der Waals surface area contributed by atoms with Gasteiger partial charge < -0.3 is 9.88 Å². The summed E-state index contributed by atoms with van der Waals surface area (Å²) in [6.07, 6.45) is 0. The molecule has 0 bridgehead atoms. The lowest BCUT2D eigenvalue weighted by atomic mass is 10.3. The molecule has 18 heavy (non-hydrogen) atoms. The Morgan fingerprint density at radius 1 is 1.39 bits per heavy atom. The van der Waals surface area contributed by atoms with Gasteiger partial charge in [-0.1, -0.05) is 12.1 Å². The van der Waals surface area contributed by atoms with Gasteiger partial charge >= 0.3 is 0 Å². The van der Waals surface area contributed by atoms with E-state index < -0.39 is 9.84 Å². The number of para-hydroxylation sites is 2. The number of aromatic nitrogens is 2. The molecule has 1 aromatic carbocycles. The van der Waals surface area contributed by atoms with Crippen molar-refractivity contribution < 1.29 is 8.42 Å². The van der Waals surface area contributed by atoms with Gasteiger partial charge in [0.2, 0.25) is 5.95 Å². The number of aromatic amines is 1. The first-order valence-electron chi connectivity index (χ1n) is 5.97. The maximum Gasteiger partial charge on any atom is 0.203 e. The third kappa shape index (κ3) is 1.86. The van der Waals surface area contributed by atoms with Crippen molar-refractivity contribution in [1.29, 1.82) is 0 Å². The highest BCUT2D eigenvalue weighted by Crippen LogP contribution is 2.21. The molecular formula is C12H15N3O2S. The number of anilines is 1. The number of hydrogen-bond donors (Lipinski definition) is 1. The van der Waals surface area contributed by atoms with Crippen LogP contribution >= 0.6 is 0 Å². The van der Waals surface area contributed by atoms with Crippen LogP contribution in [0.3, 0.4) is 0 Å². The number of imidazole rings is 1. The van der Waals surface area contributed by atoms with E-state index in [9.17, 15) is 8.42 Å². The molecule has 1 aromatic heterocycles. The Balaban J connectivity index is 1.92. The molecule has 1 atom stereocenters. The predicted octanol–water partition coefficient (Wildman–Crippen LogP) is 1.19. The maximum absolute atomic E-state index is 11.7. The smallest absolute Gasteiger partial charge is 0.203 e. The van der Waals surface area contributed by atoms with E-state index in [-0.39, 0.29) is 11.0 Å². The standard InChI is InChI=1S/C12H15N3O2S/c1-9-8-15(6-7-18(9,16)17)12-13-10-4-2-3-5-11(10)14-12/h2-5,9H,6-8H2,1H3,(H,13,14). The van der Waals surface area contributed by atoms with Gasteiger partial charge in [-0.2, -0.15) is 0 Å². The minimum absolute atomic E-state index is 0.200. The van der Waals surface area contributed by atoms with Crippen molar-refractivity contribution >= 4 is 26.8 Å². The lowest BCUT2D eigenvalue weighted by molar-refractivity contribution is 0.568. The Morgan fingerprint density at radius 2 is 2.17 bits per heavy atom. The molecule has 0 amide bonds. The van der Waals surface area contributed by atoms with Gasteiger partial charge in [-0.3, -0.25) is 0 Å².